The Balaban J connectivity index is 1.37. The van der Waals surface area contributed by atoms with Crippen LogP contribution in [-0.4, -0.2) is 40.8 Å². The molecule has 5 aromatic heterocycles. The number of nitrogens with zero attached hydrogens (tertiary/aromatic N) is 7. The van der Waals surface area contributed by atoms with Crippen molar-refractivity contribution in [1.82, 2.24) is 34.3 Å². The second-order valence-electron chi connectivity index (χ2n) is 9.17. The fourth-order valence-electron chi connectivity index (χ4n) is 5.06. The van der Waals surface area contributed by atoms with Crippen LogP contribution in [0.1, 0.15) is 41.8 Å². The summed E-state index contributed by atoms with van der Waals surface area (Å²) in [5, 5.41) is 12.9. The average Bonchev–Trinajstić information content (AvgIpc) is 3.62. The maximum atomic E-state index is 14.1. The second-order valence-corrected chi connectivity index (χ2v) is 10.2. The van der Waals surface area contributed by atoms with Gasteiger partial charge in [0.25, 0.3) is 12.9 Å². The summed E-state index contributed by atoms with van der Waals surface area (Å²) in [7, 11) is 0. The molecule has 0 bridgehead atoms. The summed E-state index contributed by atoms with van der Waals surface area (Å²) in [6.07, 6.45) is -2.14. The van der Waals surface area contributed by atoms with Gasteiger partial charge in [-0.3, -0.25) is 0 Å². The van der Waals surface area contributed by atoms with Crippen LogP contribution in [0.4, 0.5) is 23.4 Å². The van der Waals surface area contributed by atoms with Gasteiger partial charge in [-0.25, -0.2) is 41.7 Å². The van der Waals surface area contributed by atoms with Crippen molar-refractivity contribution in [3.63, 3.8) is 0 Å². The molecule has 13 heteroatoms. The Hall–Kier alpha value is -4.13. The number of aryl methyl sites for hydroxylation is 1. The Kier molecular flexibility index (Phi) is 5.12. The van der Waals surface area contributed by atoms with Crippen LogP contribution < -0.4 is 5.32 Å². The standard InChI is InChI=1S/C25H18F4N8S/c1-11-7-15(20(26)27)33-25-17(11)18-19(38-25)24-34-22(35-36(24)10-30-18)13-9-31-37-16(21(28)29)8-14(32-23(13)37)12-5-3-2-4-6-12/h2-7,9-10,14,16,20-21,32H,8H2,1H3/t14-,16+/m1/s1. The van der Waals surface area contributed by atoms with Crippen molar-refractivity contribution in [1.29, 1.82) is 0 Å². The highest BCUT2D eigenvalue weighted by Gasteiger charge is 2.36. The van der Waals surface area contributed by atoms with Crippen LogP contribution >= 0.6 is 11.3 Å². The molecule has 1 N–H and O–H groups in total. The van der Waals surface area contributed by atoms with Gasteiger partial charge in [0, 0.05) is 5.39 Å². The maximum absolute atomic E-state index is 14.1. The minimum atomic E-state index is -2.69. The zero-order valence-corrected chi connectivity index (χ0v) is 20.5. The minimum Gasteiger partial charge on any atom is -0.363 e. The van der Waals surface area contributed by atoms with Gasteiger partial charge >= 0.3 is 0 Å². The molecule has 7 rings (SSSR count). The molecule has 0 amide bonds. The Morgan fingerprint density at radius 3 is 2.68 bits per heavy atom. The summed E-state index contributed by atoms with van der Waals surface area (Å²) in [4.78, 5) is 13.8. The first-order valence-corrected chi connectivity index (χ1v) is 12.6. The van der Waals surface area contributed by atoms with Crippen LogP contribution in [0.3, 0.4) is 0 Å². The van der Waals surface area contributed by atoms with Crippen LogP contribution in [0, 0.1) is 6.92 Å². The molecule has 38 heavy (non-hydrogen) atoms. The van der Waals surface area contributed by atoms with Gasteiger partial charge in [0.2, 0.25) is 0 Å². The van der Waals surface area contributed by atoms with Crippen LogP contribution in [0.2, 0.25) is 0 Å². The predicted octanol–water partition coefficient (Wildman–Crippen LogP) is 6.36. The molecular weight excluding hydrogens is 520 g/mol. The van der Waals surface area contributed by atoms with E-state index in [9.17, 15) is 17.6 Å². The van der Waals surface area contributed by atoms with Gasteiger partial charge in [0.1, 0.15) is 33.4 Å². The Bertz CT molecular complexity index is 1830. The number of fused-ring (bicyclic) bond motifs is 6. The third-order valence-electron chi connectivity index (χ3n) is 6.84. The molecule has 0 radical (unpaired) electrons. The summed E-state index contributed by atoms with van der Waals surface area (Å²) in [5.74, 6) is 0.691. The number of thiophene rings is 1. The molecule has 192 valence electrons. The first-order valence-electron chi connectivity index (χ1n) is 11.8. The normalized spacial score (nSPS) is 17.7. The average molecular weight is 539 g/mol. The molecule has 8 nitrogen and oxygen atoms in total. The van der Waals surface area contributed by atoms with Gasteiger partial charge in [-0.05, 0) is 30.5 Å². The summed E-state index contributed by atoms with van der Waals surface area (Å²) < 4.78 is 58.2. The van der Waals surface area contributed by atoms with E-state index in [1.54, 1.807) is 6.92 Å². The van der Waals surface area contributed by atoms with E-state index in [1.165, 1.54) is 39.1 Å². The number of hydrogen-bond acceptors (Lipinski definition) is 7. The van der Waals surface area contributed by atoms with Crippen LogP contribution in [-0.2, 0) is 0 Å². The van der Waals surface area contributed by atoms with Crippen molar-refractivity contribution >= 4 is 43.2 Å². The van der Waals surface area contributed by atoms with Crippen molar-refractivity contribution < 1.29 is 17.6 Å². The first-order chi connectivity index (χ1) is 18.4. The highest BCUT2D eigenvalue weighted by Crippen LogP contribution is 2.42. The van der Waals surface area contributed by atoms with Crippen molar-refractivity contribution in [3.8, 4) is 11.4 Å². The number of alkyl halides is 4. The summed E-state index contributed by atoms with van der Waals surface area (Å²) >= 11 is 1.21. The fraction of sp³-hybridized carbons (Fsp3) is 0.240. The van der Waals surface area contributed by atoms with Crippen molar-refractivity contribution in [2.45, 2.75) is 38.3 Å². The van der Waals surface area contributed by atoms with Crippen molar-refractivity contribution in [2.75, 3.05) is 5.32 Å². The van der Waals surface area contributed by atoms with Gasteiger partial charge < -0.3 is 5.32 Å². The van der Waals surface area contributed by atoms with Crippen LogP contribution in [0.25, 0.3) is 37.5 Å². The lowest BCUT2D eigenvalue weighted by Crippen LogP contribution is -2.31. The monoisotopic (exact) mass is 538 g/mol. The third kappa shape index (κ3) is 3.45. The highest BCUT2D eigenvalue weighted by atomic mass is 32.1. The molecule has 0 fully saturated rings. The van der Waals surface area contributed by atoms with Gasteiger partial charge in [-0.15, -0.1) is 16.4 Å². The third-order valence-corrected chi connectivity index (χ3v) is 7.91. The summed E-state index contributed by atoms with van der Waals surface area (Å²) in [6.45, 7) is 1.75. The van der Waals surface area contributed by atoms with E-state index in [1.807, 2.05) is 30.3 Å². The van der Waals surface area contributed by atoms with Gasteiger partial charge in [0.05, 0.1) is 23.3 Å². The number of rotatable bonds is 4. The summed E-state index contributed by atoms with van der Waals surface area (Å²) in [6, 6.07) is 9.32. The number of nitrogens with one attached hydrogen (secondary N) is 1. The molecule has 1 aliphatic rings. The van der Waals surface area contributed by atoms with Gasteiger partial charge in [-0.2, -0.15) is 5.10 Å². The summed E-state index contributed by atoms with van der Waals surface area (Å²) in [5.41, 5.74) is 2.78. The molecular formula is C25H18F4N8S. The minimum absolute atomic E-state index is 0.174. The fourth-order valence-corrected chi connectivity index (χ4v) is 6.25. The van der Waals surface area contributed by atoms with E-state index >= 15 is 0 Å². The molecule has 0 spiro atoms. The number of aromatic nitrogens is 7. The highest BCUT2D eigenvalue weighted by molar-refractivity contribution is 7.26. The lowest BCUT2D eigenvalue weighted by atomic mass is 9.97. The van der Waals surface area contributed by atoms with Crippen molar-refractivity contribution in [3.05, 3.63) is 65.7 Å². The molecule has 0 unspecified atom stereocenters. The second kappa shape index (κ2) is 8.45. The zero-order chi connectivity index (χ0) is 26.1. The largest absolute Gasteiger partial charge is 0.363 e. The molecule has 2 atom stereocenters. The van der Waals surface area contributed by atoms with Gasteiger partial charge in [0.15, 0.2) is 11.5 Å². The first kappa shape index (κ1) is 23.0. The van der Waals surface area contributed by atoms with Crippen molar-refractivity contribution in [2.24, 2.45) is 0 Å². The molecule has 1 aliphatic heterocycles. The Morgan fingerprint density at radius 1 is 1.11 bits per heavy atom. The smallest absolute Gasteiger partial charge is 0.280 e. The SMILES string of the molecule is Cc1cc(C(F)F)nc2sc3c(ncn4nc(-c5cnn6c5N[C@@H](c5ccccc5)C[C@H]6C(F)F)nc34)c12. The Morgan fingerprint density at radius 2 is 1.92 bits per heavy atom. The Labute approximate surface area is 216 Å². The lowest BCUT2D eigenvalue weighted by Gasteiger charge is -2.32. The van der Waals surface area contributed by atoms with E-state index in [0.29, 0.717) is 43.0 Å². The quantitative estimate of drug-likeness (QED) is 0.263. The number of hydrogen-bond donors (Lipinski definition) is 1. The van der Waals surface area contributed by atoms with Gasteiger partial charge in [-0.1, -0.05) is 30.3 Å². The van der Waals surface area contributed by atoms with E-state index in [2.05, 4.69) is 25.5 Å². The van der Waals surface area contributed by atoms with Crippen LogP contribution in [0.5, 0.6) is 0 Å². The number of pyridine rings is 1. The number of anilines is 1. The number of halogens is 4. The lowest BCUT2D eigenvalue weighted by molar-refractivity contribution is 0.0659. The molecule has 0 saturated carbocycles. The zero-order valence-electron chi connectivity index (χ0n) is 19.7. The topological polar surface area (TPSA) is 85.8 Å². The number of benzene rings is 1. The molecule has 0 aliphatic carbocycles. The molecule has 1 aromatic carbocycles. The van der Waals surface area contributed by atoms with E-state index < -0.39 is 18.9 Å². The predicted molar refractivity (Wildman–Crippen MR) is 135 cm³/mol. The molecule has 0 saturated heterocycles. The van der Waals surface area contributed by atoms with E-state index in [4.69, 9.17) is 4.98 Å². The molecule has 6 heterocycles. The molecule has 6 aromatic rings. The van der Waals surface area contributed by atoms with Crippen LogP contribution in [0.15, 0.2) is 48.9 Å². The maximum Gasteiger partial charge on any atom is 0.280 e. The van der Waals surface area contributed by atoms with E-state index in [-0.39, 0.29) is 24.0 Å². The van der Waals surface area contributed by atoms with E-state index in [0.717, 1.165) is 5.56 Å².